The molecule has 0 aliphatic rings. The highest BCUT2D eigenvalue weighted by molar-refractivity contribution is 5.37. The van der Waals surface area contributed by atoms with E-state index >= 15 is 0 Å². The molecule has 0 aliphatic carbocycles. The molecular weight excluding hydrogens is 240 g/mol. The summed E-state index contributed by atoms with van der Waals surface area (Å²) in [6.07, 6.45) is 1.71. The summed E-state index contributed by atoms with van der Waals surface area (Å²) in [5.74, 6) is 0.724. The van der Waals surface area contributed by atoms with Crippen molar-refractivity contribution >= 4 is 0 Å². The van der Waals surface area contributed by atoms with Gasteiger partial charge >= 0.3 is 0 Å². The number of rotatable bonds is 4. The molecule has 19 heavy (non-hydrogen) atoms. The maximum atomic E-state index is 6.38. The van der Waals surface area contributed by atoms with Crippen LogP contribution in [-0.4, -0.2) is 21.9 Å². The second-order valence-electron chi connectivity index (χ2n) is 4.57. The summed E-state index contributed by atoms with van der Waals surface area (Å²) in [6, 6.07) is 3.74. The second-order valence-corrected chi connectivity index (χ2v) is 4.57. The molecule has 0 saturated heterocycles. The van der Waals surface area contributed by atoms with Gasteiger partial charge in [0, 0.05) is 17.9 Å². The summed E-state index contributed by atoms with van der Waals surface area (Å²) < 4.78 is 7.22. The summed E-state index contributed by atoms with van der Waals surface area (Å²) in [6.45, 7) is 6.73. The Labute approximate surface area is 113 Å². The molecule has 0 aromatic carbocycles. The Kier molecular flexibility index (Phi) is 3.85. The van der Waals surface area contributed by atoms with E-state index in [1.54, 1.807) is 13.3 Å². The van der Waals surface area contributed by atoms with Gasteiger partial charge < -0.3 is 10.5 Å². The van der Waals surface area contributed by atoms with Gasteiger partial charge in [-0.25, -0.2) is 0 Å². The van der Waals surface area contributed by atoms with Gasteiger partial charge in [-0.2, -0.15) is 5.10 Å². The number of aromatic nitrogens is 3. The van der Waals surface area contributed by atoms with Crippen molar-refractivity contribution < 1.29 is 4.74 Å². The van der Waals surface area contributed by atoms with Gasteiger partial charge in [0.05, 0.1) is 19.3 Å². The van der Waals surface area contributed by atoms with E-state index in [2.05, 4.69) is 10.1 Å². The SMILES string of the molecule is CCn1ncc(OC)c1C(N)c1cc(C)nc(C)c1. The first-order valence-corrected chi connectivity index (χ1v) is 6.37. The van der Waals surface area contributed by atoms with Crippen molar-refractivity contribution in [1.29, 1.82) is 0 Å². The molecule has 0 fully saturated rings. The first-order valence-electron chi connectivity index (χ1n) is 6.37. The molecule has 5 nitrogen and oxygen atoms in total. The number of methoxy groups -OCH3 is 1. The molecule has 2 N–H and O–H groups in total. The van der Waals surface area contributed by atoms with Crippen LogP contribution < -0.4 is 10.5 Å². The molecule has 102 valence electrons. The second kappa shape index (κ2) is 5.40. The molecule has 0 radical (unpaired) electrons. The van der Waals surface area contributed by atoms with Gasteiger partial charge in [0.2, 0.25) is 0 Å². The predicted octanol–water partition coefficient (Wildman–Crippen LogP) is 1.97. The molecule has 2 aromatic heterocycles. The molecule has 0 aliphatic heterocycles. The van der Waals surface area contributed by atoms with E-state index in [1.807, 2.05) is 37.6 Å². The van der Waals surface area contributed by atoms with Crippen molar-refractivity contribution in [2.24, 2.45) is 5.73 Å². The van der Waals surface area contributed by atoms with Crippen molar-refractivity contribution in [2.45, 2.75) is 33.4 Å². The molecule has 0 amide bonds. The Balaban J connectivity index is 2.48. The molecule has 5 heteroatoms. The minimum absolute atomic E-state index is 0.266. The van der Waals surface area contributed by atoms with Gasteiger partial charge in [-0.05, 0) is 38.5 Å². The van der Waals surface area contributed by atoms with Crippen molar-refractivity contribution in [3.05, 3.63) is 41.0 Å². The van der Waals surface area contributed by atoms with Gasteiger partial charge in [0.25, 0.3) is 0 Å². The molecule has 0 saturated carbocycles. The number of nitrogens with two attached hydrogens (primary N) is 1. The van der Waals surface area contributed by atoms with Gasteiger partial charge in [-0.1, -0.05) is 0 Å². The van der Waals surface area contributed by atoms with Crippen LogP contribution in [0.15, 0.2) is 18.3 Å². The highest BCUT2D eigenvalue weighted by Crippen LogP contribution is 2.28. The highest BCUT2D eigenvalue weighted by Gasteiger charge is 2.20. The molecule has 2 rings (SSSR count). The molecule has 0 spiro atoms. The lowest BCUT2D eigenvalue weighted by atomic mass is 10.0. The van der Waals surface area contributed by atoms with Gasteiger partial charge in [0.15, 0.2) is 5.75 Å². The number of pyridine rings is 1. The van der Waals surface area contributed by atoms with Crippen LogP contribution in [0.25, 0.3) is 0 Å². The monoisotopic (exact) mass is 260 g/mol. The van der Waals surface area contributed by atoms with Crippen molar-refractivity contribution in [1.82, 2.24) is 14.8 Å². The van der Waals surface area contributed by atoms with Crippen LogP contribution in [-0.2, 0) is 6.54 Å². The van der Waals surface area contributed by atoms with E-state index in [0.717, 1.165) is 34.9 Å². The van der Waals surface area contributed by atoms with E-state index in [-0.39, 0.29) is 6.04 Å². The van der Waals surface area contributed by atoms with Gasteiger partial charge in [0.1, 0.15) is 5.69 Å². The average molecular weight is 260 g/mol. The normalized spacial score (nSPS) is 12.5. The standard InChI is InChI=1S/C14H20N4O/c1-5-18-14(12(19-4)8-16-18)13(15)11-6-9(2)17-10(3)7-11/h6-8,13H,5,15H2,1-4H3. The fraction of sp³-hybridized carbons (Fsp3) is 0.429. The molecule has 0 bridgehead atoms. The van der Waals surface area contributed by atoms with Crippen LogP contribution in [0.3, 0.4) is 0 Å². The minimum Gasteiger partial charge on any atom is -0.493 e. The Bertz CT molecular complexity index is 535. The summed E-state index contributed by atoms with van der Waals surface area (Å²) >= 11 is 0. The highest BCUT2D eigenvalue weighted by atomic mass is 16.5. The zero-order valence-electron chi connectivity index (χ0n) is 11.8. The van der Waals surface area contributed by atoms with Gasteiger partial charge in [-0.15, -0.1) is 0 Å². The molecule has 2 heterocycles. The Morgan fingerprint density at radius 3 is 2.47 bits per heavy atom. The molecular formula is C14H20N4O. The third-order valence-corrected chi connectivity index (χ3v) is 3.12. The van der Waals surface area contributed by atoms with E-state index in [9.17, 15) is 0 Å². The number of nitrogens with zero attached hydrogens (tertiary/aromatic N) is 3. The van der Waals surface area contributed by atoms with Crippen LogP contribution in [0.1, 0.15) is 35.6 Å². The van der Waals surface area contributed by atoms with E-state index in [0.29, 0.717) is 0 Å². The van der Waals surface area contributed by atoms with Crippen LogP contribution >= 0.6 is 0 Å². The van der Waals surface area contributed by atoms with E-state index in [1.165, 1.54) is 0 Å². The van der Waals surface area contributed by atoms with E-state index in [4.69, 9.17) is 10.5 Å². The summed E-state index contributed by atoms with van der Waals surface area (Å²) in [5, 5.41) is 4.29. The van der Waals surface area contributed by atoms with Crippen molar-refractivity contribution in [3.63, 3.8) is 0 Å². The minimum atomic E-state index is -0.266. The quantitative estimate of drug-likeness (QED) is 0.912. The third kappa shape index (κ3) is 2.61. The lowest BCUT2D eigenvalue weighted by Gasteiger charge is -2.16. The fourth-order valence-corrected chi connectivity index (χ4v) is 2.30. The number of hydrogen-bond acceptors (Lipinski definition) is 4. The maximum absolute atomic E-state index is 6.38. The largest absolute Gasteiger partial charge is 0.493 e. The lowest BCUT2D eigenvalue weighted by molar-refractivity contribution is 0.404. The first-order chi connectivity index (χ1) is 9.06. The van der Waals surface area contributed by atoms with E-state index < -0.39 is 0 Å². The molecule has 1 atom stereocenters. The first kappa shape index (κ1) is 13.5. The zero-order chi connectivity index (χ0) is 14.0. The smallest absolute Gasteiger partial charge is 0.161 e. The van der Waals surface area contributed by atoms with Crippen molar-refractivity contribution in [3.8, 4) is 5.75 Å². The Morgan fingerprint density at radius 1 is 1.32 bits per heavy atom. The Morgan fingerprint density at radius 2 is 1.95 bits per heavy atom. The predicted molar refractivity (Wildman–Crippen MR) is 74.2 cm³/mol. The number of ether oxygens (including phenoxy) is 1. The fourth-order valence-electron chi connectivity index (χ4n) is 2.30. The summed E-state index contributed by atoms with van der Waals surface area (Å²) in [7, 11) is 1.64. The maximum Gasteiger partial charge on any atom is 0.161 e. The Hall–Kier alpha value is -1.88. The topological polar surface area (TPSA) is 66.0 Å². The van der Waals surface area contributed by atoms with Crippen molar-refractivity contribution in [2.75, 3.05) is 7.11 Å². The van der Waals surface area contributed by atoms with Crippen LogP contribution in [0.5, 0.6) is 5.75 Å². The number of hydrogen-bond donors (Lipinski definition) is 1. The van der Waals surface area contributed by atoms with Crippen LogP contribution in [0, 0.1) is 13.8 Å². The summed E-state index contributed by atoms with van der Waals surface area (Å²) in [4.78, 5) is 4.37. The average Bonchev–Trinajstić information content (AvgIpc) is 2.79. The molecule has 1 unspecified atom stereocenters. The third-order valence-electron chi connectivity index (χ3n) is 3.12. The molecule has 2 aromatic rings. The lowest BCUT2D eigenvalue weighted by Crippen LogP contribution is -2.18. The zero-order valence-corrected chi connectivity index (χ0v) is 11.8. The van der Waals surface area contributed by atoms with Crippen LogP contribution in [0.4, 0.5) is 0 Å². The number of aryl methyl sites for hydroxylation is 3. The summed E-state index contributed by atoms with van der Waals surface area (Å²) in [5.41, 5.74) is 10.2. The van der Waals surface area contributed by atoms with Crippen LogP contribution in [0.2, 0.25) is 0 Å². The van der Waals surface area contributed by atoms with Gasteiger partial charge in [-0.3, -0.25) is 9.67 Å².